The normalized spacial score (nSPS) is 12.7. The number of halogens is 1. The highest BCUT2D eigenvalue weighted by molar-refractivity contribution is 9.10. The minimum Gasteiger partial charge on any atom is -0.319 e. The van der Waals surface area contributed by atoms with Crippen molar-refractivity contribution >= 4 is 15.9 Å². The fourth-order valence-corrected chi connectivity index (χ4v) is 1.58. The average Bonchev–Trinajstić information content (AvgIpc) is 2.65. The van der Waals surface area contributed by atoms with Crippen molar-refractivity contribution in [3.8, 4) is 0 Å². The summed E-state index contributed by atoms with van der Waals surface area (Å²) in [5, 5.41) is 4.08. The van der Waals surface area contributed by atoms with E-state index in [4.69, 9.17) is 5.73 Å². The van der Waals surface area contributed by atoms with Crippen molar-refractivity contribution in [2.75, 3.05) is 0 Å². The van der Waals surface area contributed by atoms with Gasteiger partial charge in [-0.2, -0.15) is 5.10 Å². The summed E-state index contributed by atoms with van der Waals surface area (Å²) in [4.78, 5) is 4.25. The highest BCUT2D eigenvalue weighted by Gasteiger charge is 2.11. The molecule has 2 N–H and O–H groups in total. The Balaban J connectivity index is 2.28. The fourth-order valence-electron chi connectivity index (χ4n) is 1.34. The van der Waals surface area contributed by atoms with Crippen LogP contribution in [0, 0.1) is 0 Å². The molecule has 0 spiro atoms. The maximum absolute atomic E-state index is 6.05. The summed E-state index contributed by atoms with van der Waals surface area (Å²) >= 11 is 3.34. The topological polar surface area (TPSA) is 56.7 Å². The van der Waals surface area contributed by atoms with Gasteiger partial charge in [0.1, 0.15) is 0 Å². The number of aryl methyl sites for hydroxylation is 1. The van der Waals surface area contributed by atoms with E-state index >= 15 is 0 Å². The molecule has 0 saturated heterocycles. The molecule has 0 radical (unpaired) electrons. The zero-order valence-corrected chi connectivity index (χ0v) is 9.85. The number of aromatic nitrogens is 3. The molecule has 15 heavy (non-hydrogen) atoms. The van der Waals surface area contributed by atoms with Crippen LogP contribution in [0.25, 0.3) is 0 Å². The van der Waals surface area contributed by atoms with E-state index in [1.54, 1.807) is 17.1 Å². The largest absolute Gasteiger partial charge is 0.319 e. The van der Waals surface area contributed by atoms with Crippen LogP contribution >= 0.6 is 15.9 Å². The first-order valence-corrected chi connectivity index (χ1v) is 5.31. The fraction of sp³-hybridized carbons (Fsp3) is 0.200. The Kier molecular flexibility index (Phi) is 2.83. The molecule has 2 aromatic rings. The zero-order valence-electron chi connectivity index (χ0n) is 8.26. The standard InChI is InChI=1S/C10H11BrN4/c1-15-6-7(4-14-15)10(12)9-3-2-8(11)5-13-9/h2-6,10H,12H2,1H3. The van der Waals surface area contributed by atoms with Gasteiger partial charge in [-0.05, 0) is 28.1 Å². The molecule has 4 nitrogen and oxygen atoms in total. The molecule has 2 heterocycles. The lowest BCUT2D eigenvalue weighted by Gasteiger charge is -2.08. The molecular formula is C10H11BrN4. The molecule has 0 fully saturated rings. The van der Waals surface area contributed by atoms with E-state index in [0.29, 0.717) is 0 Å². The molecular weight excluding hydrogens is 256 g/mol. The van der Waals surface area contributed by atoms with E-state index in [-0.39, 0.29) is 6.04 Å². The van der Waals surface area contributed by atoms with Crippen LogP contribution in [0.2, 0.25) is 0 Å². The summed E-state index contributed by atoms with van der Waals surface area (Å²) in [6.07, 6.45) is 5.40. The molecule has 0 aliphatic carbocycles. The maximum Gasteiger partial charge on any atom is 0.0757 e. The third-order valence-electron chi connectivity index (χ3n) is 2.15. The second-order valence-corrected chi connectivity index (χ2v) is 4.24. The van der Waals surface area contributed by atoms with Crippen molar-refractivity contribution in [2.45, 2.75) is 6.04 Å². The summed E-state index contributed by atoms with van der Waals surface area (Å²) in [6.45, 7) is 0. The minimum atomic E-state index is -0.216. The Morgan fingerprint density at radius 3 is 2.73 bits per heavy atom. The highest BCUT2D eigenvalue weighted by atomic mass is 79.9. The van der Waals surface area contributed by atoms with Crippen molar-refractivity contribution < 1.29 is 0 Å². The van der Waals surface area contributed by atoms with Gasteiger partial charge < -0.3 is 5.73 Å². The Hall–Kier alpha value is -1.20. The van der Waals surface area contributed by atoms with Gasteiger partial charge in [0, 0.05) is 29.5 Å². The first-order valence-electron chi connectivity index (χ1n) is 4.52. The van der Waals surface area contributed by atoms with E-state index in [2.05, 4.69) is 26.0 Å². The Morgan fingerprint density at radius 2 is 2.20 bits per heavy atom. The average molecular weight is 267 g/mol. The van der Waals surface area contributed by atoms with E-state index in [9.17, 15) is 0 Å². The Labute approximate surface area is 96.3 Å². The monoisotopic (exact) mass is 266 g/mol. The van der Waals surface area contributed by atoms with E-state index in [1.807, 2.05) is 25.4 Å². The van der Waals surface area contributed by atoms with Gasteiger partial charge in [0.25, 0.3) is 0 Å². The van der Waals surface area contributed by atoms with Crippen LogP contribution < -0.4 is 5.73 Å². The van der Waals surface area contributed by atoms with Crippen LogP contribution in [-0.2, 0) is 7.05 Å². The van der Waals surface area contributed by atoms with Crippen LogP contribution in [0.4, 0.5) is 0 Å². The zero-order chi connectivity index (χ0) is 10.8. The van der Waals surface area contributed by atoms with Gasteiger partial charge in [-0.15, -0.1) is 0 Å². The van der Waals surface area contributed by atoms with Crippen molar-refractivity contribution in [2.24, 2.45) is 12.8 Å². The van der Waals surface area contributed by atoms with Crippen molar-refractivity contribution in [1.82, 2.24) is 14.8 Å². The van der Waals surface area contributed by atoms with Crippen molar-refractivity contribution in [3.63, 3.8) is 0 Å². The molecule has 0 bridgehead atoms. The van der Waals surface area contributed by atoms with E-state index < -0.39 is 0 Å². The van der Waals surface area contributed by atoms with Gasteiger partial charge >= 0.3 is 0 Å². The molecule has 0 amide bonds. The first kappa shape index (κ1) is 10.3. The van der Waals surface area contributed by atoms with Crippen LogP contribution in [-0.4, -0.2) is 14.8 Å². The molecule has 0 aliphatic rings. The summed E-state index contributed by atoms with van der Waals surface area (Å²) in [5.41, 5.74) is 7.85. The summed E-state index contributed by atoms with van der Waals surface area (Å²) < 4.78 is 2.68. The van der Waals surface area contributed by atoms with Gasteiger partial charge in [-0.25, -0.2) is 0 Å². The number of nitrogens with zero attached hydrogens (tertiary/aromatic N) is 3. The molecule has 0 aliphatic heterocycles. The van der Waals surface area contributed by atoms with Gasteiger partial charge in [-0.3, -0.25) is 9.67 Å². The van der Waals surface area contributed by atoms with Crippen LogP contribution in [0.15, 0.2) is 35.2 Å². The Bertz CT molecular complexity index is 449. The molecule has 2 aromatic heterocycles. The van der Waals surface area contributed by atoms with Gasteiger partial charge in [0.2, 0.25) is 0 Å². The molecule has 1 atom stereocenters. The second-order valence-electron chi connectivity index (χ2n) is 3.33. The summed E-state index contributed by atoms with van der Waals surface area (Å²) in [7, 11) is 1.87. The summed E-state index contributed by atoms with van der Waals surface area (Å²) in [5.74, 6) is 0. The van der Waals surface area contributed by atoms with Crippen LogP contribution in [0.5, 0.6) is 0 Å². The Morgan fingerprint density at radius 1 is 1.40 bits per heavy atom. The second kappa shape index (κ2) is 4.12. The first-order chi connectivity index (χ1) is 7.16. The van der Waals surface area contributed by atoms with Crippen LogP contribution in [0.3, 0.4) is 0 Å². The predicted molar refractivity (Wildman–Crippen MR) is 61.2 cm³/mol. The lowest BCUT2D eigenvalue weighted by atomic mass is 10.1. The lowest BCUT2D eigenvalue weighted by molar-refractivity contribution is 0.763. The summed E-state index contributed by atoms with van der Waals surface area (Å²) in [6, 6.07) is 3.62. The van der Waals surface area contributed by atoms with Gasteiger partial charge in [0.15, 0.2) is 0 Å². The third kappa shape index (κ3) is 2.24. The maximum atomic E-state index is 6.05. The van der Waals surface area contributed by atoms with E-state index in [0.717, 1.165) is 15.7 Å². The number of rotatable bonds is 2. The third-order valence-corrected chi connectivity index (χ3v) is 2.62. The molecule has 5 heteroatoms. The molecule has 2 rings (SSSR count). The number of hydrogen-bond donors (Lipinski definition) is 1. The lowest BCUT2D eigenvalue weighted by Crippen LogP contribution is -2.12. The molecule has 0 saturated carbocycles. The van der Waals surface area contributed by atoms with Gasteiger partial charge in [0.05, 0.1) is 17.9 Å². The van der Waals surface area contributed by atoms with Gasteiger partial charge in [-0.1, -0.05) is 0 Å². The van der Waals surface area contributed by atoms with Crippen molar-refractivity contribution in [1.29, 1.82) is 0 Å². The number of hydrogen-bond acceptors (Lipinski definition) is 3. The number of nitrogens with two attached hydrogens (primary N) is 1. The molecule has 1 unspecified atom stereocenters. The SMILES string of the molecule is Cn1cc(C(N)c2ccc(Br)cn2)cn1. The predicted octanol–water partition coefficient (Wildman–Crippen LogP) is 1.63. The molecule has 78 valence electrons. The highest BCUT2D eigenvalue weighted by Crippen LogP contribution is 2.18. The van der Waals surface area contributed by atoms with E-state index in [1.165, 1.54) is 0 Å². The quantitative estimate of drug-likeness (QED) is 0.899. The van der Waals surface area contributed by atoms with Crippen molar-refractivity contribution in [3.05, 3.63) is 46.5 Å². The number of pyridine rings is 1. The smallest absolute Gasteiger partial charge is 0.0757 e. The van der Waals surface area contributed by atoms with Crippen LogP contribution in [0.1, 0.15) is 17.3 Å². The molecule has 0 aromatic carbocycles. The minimum absolute atomic E-state index is 0.216.